The summed E-state index contributed by atoms with van der Waals surface area (Å²) in [6, 6.07) is 2.50. The highest BCUT2D eigenvalue weighted by Crippen LogP contribution is 2.51. The predicted octanol–water partition coefficient (Wildman–Crippen LogP) is 4.34. The molecule has 0 spiro atoms. The van der Waals surface area contributed by atoms with Gasteiger partial charge in [0.25, 0.3) is 0 Å². The first-order chi connectivity index (χ1) is 7.39. The van der Waals surface area contributed by atoms with Crippen LogP contribution in [0.4, 0.5) is 0 Å². The van der Waals surface area contributed by atoms with E-state index < -0.39 is 13.9 Å². The fourth-order valence-electron chi connectivity index (χ4n) is 3.79. The minimum Gasteiger partial charge on any atom is -0.400 e. The molecule has 1 rings (SSSR count). The number of hydrogen-bond acceptors (Lipinski definition) is 2. The van der Waals surface area contributed by atoms with Crippen LogP contribution < -0.4 is 0 Å². The standard InChI is InChI=1S/C14H27NOSi/c1-12(2)8-13(3,4)10-14(9-12,11-15)16-17(5,6)7/h8-10H2,1-7H3. The summed E-state index contributed by atoms with van der Waals surface area (Å²) in [5, 5.41) is 9.62. The van der Waals surface area contributed by atoms with Gasteiger partial charge in [-0.2, -0.15) is 5.26 Å². The lowest BCUT2D eigenvalue weighted by Crippen LogP contribution is -2.51. The van der Waals surface area contributed by atoms with Crippen LogP contribution in [0.25, 0.3) is 0 Å². The third-order valence-electron chi connectivity index (χ3n) is 3.19. The molecule has 0 aromatic rings. The number of nitrogens with zero attached hydrogens (tertiary/aromatic N) is 1. The SMILES string of the molecule is CC1(C)CC(C)(C)CC(C#N)(O[Si](C)(C)C)C1. The topological polar surface area (TPSA) is 33.0 Å². The Morgan fingerprint density at radius 3 is 1.65 bits per heavy atom. The highest BCUT2D eigenvalue weighted by Gasteiger charge is 2.50. The van der Waals surface area contributed by atoms with Crippen molar-refractivity contribution in [2.24, 2.45) is 10.8 Å². The van der Waals surface area contributed by atoms with Crippen molar-refractivity contribution in [1.29, 1.82) is 5.26 Å². The predicted molar refractivity (Wildman–Crippen MR) is 74.2 cm³/mol. The van der Waals surface area contributed by atoms with E-state index in [-0.39, 0.29) is 10.8 Å². The largest absolute Gasteiger partial charge is 0.400 e. The maximum Gasteiger partial charge on any atom is 0.185 e. The first-order valence-corrected chi connectivity index (χ1v) is 9.91. The van der Waals surface area contributed by atoms with Gasteiger partial charge in [-0.1, -0.05) is 27.7 Å². The zero-order valence-corrected chi connectivity index (χ0v) is 13.5. The number of hydrogen-bond donors (Lipinski definition) is 0. The Morgan fingerprint density at radius 1 is 0.941 bits per heavy atom. The number of rotatable bonds is 2. The average molecular weight is 253 g/mol. The van der Waals surface area contributed by atoms with E-state index in [0.717, 1.165) is 12.8 Å². The molecule has 0 radical (unpaired) electrons. The number of nitriles is 1. The van der Waals surface area contributed by atoms with E-state index in [2.05, 4.69) is 53.4 Å². The molecule has 0 bridgehead atoms. The first-order valence-electron chi connectivity index (χ1n) is 6.50. The van der Waals surface area contributed by atoms with Crippen LogP contribution in [0.3, 0.4) is 0 Å². The van der Waals surface area contributed by atoms with E-state index in [1.165, 1.54) is 6.42 Å². The molecule has 3 heteroatoms. The fourth-order valence-corrected chi connectivity index (χ4v) is 5.15. The molecule has 1 saturated carbocycles. The molecule has 0 amide bonds. The van der Waals surface area contributed by atoms with E-state index in [1.807, 2.05) is 0 Å². The minimum absolute atomic E-state index is 0.192. The zero-order valence-electron chi connectivity index (χ0n) is 12.5. The van der Waals surface area contributed by atoms with E-state index >= 15 is 0 Å². The third-order valence-corrected chi connectivity index (χ3v) is 4.19. The molecule has 0 N–H and O–H groups in total. The fraction of sp³-hybridized carbons (Fsp3) is 0.929. The van der Waals surface area contributed by atoms with E-state index in [4.69, 9.17) is 4.43 Å². The summed E-state index contributed by atoms with van der Waals surface area (Å²) in [5.41, 5.74) is -0.177. The second-order valence-corrected chi connectivity index (χ2v) is 12.6. The first kappa shape index (κ1) is 14.7. The molecule has 1 fully saturated rings. The van der Waals surface area contributed by atoms with Crippen LogP contribution in [0.15, 0.2) is 0 Å². The Bertz CT molecular complexity index is 312. The highest BCUT2D eigenvalue weighted by atomic mass is 28.4. The molecule has 0 aliphatic heterocycles. The van der Waals surface area contributed by atoms with Gasteiger partial charge in [-0.3, -0.25) is 0 Å². The lowest BCUT2D eigenvalue weighted by atomic mass is 9.60. The molecule has 2 nitrogen and oxygen atoms in total. The van der Waals surface area contributed by atoms with Crippen LogP contribution in [0.2, 0.25) is 19.6 Å². The van der Waals surface area contributed by atoms with Crippen molar-refractivity contribution in [1.82, 2.24) is 0 Å². The monoisotopic (exact) mass is 253 g/mol. The summed E-state index contributed by atoms with van der Waals surface area (Å²) in [6.45, 7) is 15.5. The highest BCUT2D eigenvalue weighted by molar-refractivity contribution is 6.69. The Kier molecular flexibility index (Phi) is 3.55. The van der Waals surface area contributed by atoms with Gasteiger partial charge in [-0.05, 0) is 49.7 Å². The molecule has 0 atom stereocenters. The quantitative estimate of drug-likeness (QED) is 0.686. The summed E-state index contributed by atoms with van der Waals surface area (Å²) in [6.07, 6.45) is 2.90. The molecule has 0 unspecified atom stereocenters. The van der Waals surface area contributed by atoms with Gasteiger partial charge in [0, 0.05) is 0 Å². The van der Waals surface area contributed by atoms with Crippen molar-refractivity contribution in [3.8, 4) is 6.07 Å². The Hall–Kier alpha value is -0.333. The molecule has 0 aromatic heterocycles. The van der Waals surface area contributed by atoms with Gasteiger partial charge in [-0.25, -0.2) is 0 Å². The van der Waals surface area contributed by atoms with Crippen LogP contribution in [-0.2, 0) is 4.43 Å². The van der Waals surface area contributed by atoms with Crippen molar-refractivity contribution >= 4 is 8.32 Å². The lowest BCUT2D eigenvalue weighted by Gasteiger charge is -2.50. The van der Waals surface area contributed by atoms with Crippen molar-refractivity contribution in [3.05, 3.63) is 0 Å². The molecule has 0 aromatic carbocycles. The normalized spacial score (nSPS) is 26.2. The molecule has 17 heavy (non-hydrogen) atoms. The third kappa shape index (κ3) is 4.12. The average Bonchev–Trinajstić information content (AvgIpc) is 1.93. The molecule has 0 heterocycles. The van der Waals surface area contributed by atoms with Crippen LogP contribution >= 0.6 is 0 Å². The van der Waals surface area contributed by atoms with Crippen molar-refractivity contribution < 1.29 is 4.43 Å². The van der Waals surface area contributed by atoms with E-state index in [0.29, 0.717) is 0 Å². The lowest BCUT2D eigenvalue weighted by molar-refractivity contribution is -0.0360. The van der Waals surface area contributed by atoms with Crippen LogP contribution in [-0.4, -0.2) is 13.9 Å². The van der Waals surface area contributed by atoms with Crippen LogP contribution in [0, 0.1) is 22.2 Å². The second-order valence-electron chi connectivity index (χ2n) is 8.18. The van der Waals surface area contributed by atoms with E-state index in [1.54, 1.807) is 0 Å². The van der Waals surface area contributed by atoms with Crippen molar-refractivity contribution in [2.45, 2.75) is 72.2 Å². The van der Waals surface area contributed by atoms with Gasteiger partial charge in [0.1, 0.15) is 5.60 Å². The maximum absolute atomic E-state index is 9.62. The Labute approximate surface area is 107 Å². The van der Waals surface area contributed by atoms with Gasteiger partial charge < -0.3 is 4.43 Å². The molecule has 1 aliphatic rings. The molecule has 0 saturated heterocycles. The Morgan fingerprint density at radius 2 is 1.35 bits per heavy atom. The summed E-state index contributed by atoms with van der Waals surface area (Å²) in [5.74, 6) is 0. The van der Waals surface area contributed by atoms with Gasteiger partial charge in [-0.15, -0.1) is 0 Å². The van der Waals surface area contributed by atoms with Gasteiger partial charge in [0.15, 0.2) is 8.32 Å². The Balaban J connectivity index is 3.04. The molecule has 1 aliphatic carbocycles. The zero-order chi connectivity index (χ0) is 13.5. The summed E-state index contributed by atoms with van der Waals surface area (Å²) in [7, 11) is -1.69. The second kappa shape index (κ2) is 4.10. The summed E-state index contributed by atoms with van der Waals surface area (Å²) in [4.78, 5) is 0. The van der Waals surface area contributed by atoms with Crippen molar-refractivity contribution in [2.75, 3.05) is 0 Å². The minimum atomic E-state index is -1.69. The van der Waals surface area contributed by atoms with E-state index in [9.17, 15) is 5.26 Å². The molecular formula is C14H27NOSi. The van der Waals surface area contributed by atoms with Gasteiger partial charge in [0.2, 0.25) is 0 Å². The maximum atomic E-state index is 9.62. The van der Waals surface area contributed by atoms with Crippen LogP contribution in [0.5, 0.6) is 0 Å². The van der Waals surface area contributed by atoms with Crippen molar-refractivity contribution in [3.63, 3.8) is 0 Å². The van der Waals surface area contributed by atoms with Crippen LogP contribution in [0.1, 0.15) is 47.0 Å². The van der Waals surface area contributed by atoms with Gasteiger partial charge in [0.05, 0.1) is 6.07 Å². The summed E-state index contributed by atoms with van der Waals surface area (Å²) < 4.78 is 6.26. The smallest absolute Gasteiger partial charge is 0.185 e. The van der Waals surface area contributed by atoms with Gasteiger partial charge >= 0.3 is 0 Å². The molecular weight excluding hydrogens is 226 g/mol. The summed E-state index contributed by atoms with van der Waals surface area (Å²) >= 11 is 0. The molecule has 98 valence electrons.